The lowest BCUT2D eigenvalue weighted by molar-refractivity contribution is 0.0827. The summed E-state index contributed by atoms with van der Waals surface area (Å²) in [6, 6.07) is 14.6. The number of anilines is 2. The van der Waals surface area contributed by atoms with Gasteiger partial charge in [-0.2, -0.15) is 0 Å². The van der Waals surface area contributed by atoms with Crippen LogP contribution in [0.2, 0.25) is 0 Å². The molecule has 0 unspecified atom stereocenters. The Hall–Kier alpha value is -3.21. The van der Waals surface area contributed by atoms with E-state index in [0.717, 1.165) is 30.0 Å². The Morgan fingerprint density at radius 3 is 2.29 bits per heavy atom. The van der Waals surface area contributed by atoms with Gasteiger partial charge < -0.3 is 15.1 Å². The third-order valence-corrected chi connectivity index (χ3v) is 8.92. The Morgan fingerprint density at radius 2 is 1.66 bits per heavy atom. The highest BCUT2D eigenvalue weighted by Crippen LogP contribution is 2.37. The van der Waals surface area contributed by atoms with Crippen LogP contribution in [0.1, 0.15) is 31.2 Å². The van der Waals surface area contributed by atoms with E-state index in [0.29, 0.717) is 21.8 Å². The van der Waals surface area contributed by atoms with Crippen LogP contribution >= 0.6 is 11.3 Å². The van der Waals surface area contributed by atoms with E-state index in [1.165, 1.54) is 51.9 Å². The molecule has 0 fully saturated rings. The second-order valence-corrected chi connectivity index (χ2v) is 11.8. The first-order valence-electron chi connectivity index (χ1n) is 11.1. The van der Waals surface area contributed by atoms with E-state index in [2.05, 4.69) is 10.2 Å². The van der Waals surface area contributed by atoms with Crippen LogP contribution < -0.4 is 9.62 Å². The maximum Gasteiger partial charge on any atom is 0.264 e. The molecule has 1 aliphatic heterocycles. The molecule has 0 atom stereocenters. The van der Waals surface area contributed by atoms with E-state index < -0.39 is 15.9 Å². The summed E-state index contributed by atoms with van der Waals surface area (Å²) in [4.78, 5) is 30.8. The molecule has 2 heterocycles. The number of hydrogen-bond acceptors (Lipinski definition) is 6. The molecule has 1 aromatic heterocycles. The molecular weight excluding hydrogens is 484 g/mol. The number of fused-ring (bicyclic) bond motifs is 1. The van der Waals surface area contributed by atoms with E-state index >= 15 is 0 Å². The molecule has 10 heteroatoms. The zero-order valence-corrected chi connectivity index (χ0v) is 21.7. The number of hydrogen-bond donors (Lipinski definition) is 1. The third kappa shape index (κ3) is 4.95. The summed E-state index contributed by atoms with van der Waals surface area (Å²) in [7, 11) is 3.12. The van der Waals surface area contributed by atoms with Crippen molar-refractivity contribution in [2.24, 2.45) is 0 Å². The summed E-state index contributed by atoms with van der Waals surface area (Å²) in [5.74, 6) is -0.544. The van der Waals surface area contributed by atoms with Gasteiger partial charge in [-0.05, 0) is 55.4 Å². The van der Waals surface area contributed by atoms with Crippen molar-refractivity contribution in [1.82, 2.24) is 9.80 Å². The van der Waals surface area contributed by atoms with Crippen molar-refractivity contribution in [2.75, 3.05) is 44.4 Å². The second-order valence-electron chi connectivity index (χ2n) is 8.68. The summed E-state index contributed by atoms with van der Waals surface area (Å²) in [5.41, 5.74) is 2.38. The molecule has 0 aliphatic carbocycles. The fourth-order valence-corrected chi connectivity index (χ4v) is 6.47. The molecule has 8 nitrogen and oxygen atoms in total. The smallest absolute Gasteiger partial charge is 0.264 e. The minimum atomic E-state index is -3.78. The monoisotopic (exact) mass is 512 g/mol. The Bertz CT molecular complexity index is 1350. The molecule has 0 spiro atoms. The van der Waals surface area contributed by atoms with Crippen LogP contribution in [0.4, 0.5) is 10.7 Å². The zero-order chi connectivity index (χ0) is 25.3. The van der Waals surface area contributed by atoms with Crippen molar-refractivity contribution >= 4 is 43.9 Å². The lowest BCUT2D eigenvalue weighted by Crippen LogP contribution is -2.28. The standard InChI is InChI=1S/C25H28N4O4S2/c1-27(2)25(31)22-20-14-15-28(3)16-21(20)34-24(22)26-23(30)17-10-12-19(13-11-17)35(32,33)29(4)18-8-6-5-7-9-18/h5-13H,14-16H2,1-4H3,(H,26,30). The predicted octanol–water partition coefficient (Wildman–Crippen LogP) is 3.52. The quantitative estimate of drug-likeness (QED) is 0.546. The van der Waals surface area contributed by atoms with Crippen LogP contribution in [0.25, 0.3) is 0 Å². The molecule has 0 saturated heterocycles. The van der Waals surface area contributed by atoms with Gasteiger partial charge in [0.05, 0.1) is 16.1 Å². The zero-order valence-electron chi connectivity index (χ0n) is 20.1. The largest absolute Gasteiger partial charge is 0.345 e. The lowest BCUT2D eigenvalue weighted by Gasteiger charge is -2.23. The number of nitrogens with one attached hydrogen (secondary N) is 1. The van der Waals surface area contributed by atoms with Gasteiger partial charge in [0.15, 0.2) is 0 Å². The molecular formula is C25H28N4O4S2. The van der Waals surface area contributed by atoms with E-state index in [1.807, 2.05) is 13.1 Å². The summed E-state index contributed by atoms with van der Waals surface area (Å²) in [5, 5.41) is 3.42. The van der Waals surface area contributed by atoms with Crippen molar-refractivity contribution in [3.8, 4) is 0 Å². The van der Waals surface area contributed by atoms with E-state index in [-0.39, 0.29) is 10.8 Å². The van der Waals surface area contributed by atoms with Crippen molar-refractivity contribution in [3.63, 3.8) is 0 Å². The van der Waals surface area contributed by atoms with Crippen LogP contribution in [0, 0.1) is 0 Å². The molecule has 2 aromatic carbocycles. The van der Waals surface area contributed by atoms with Crippen LogP contribution in [0.15, 0.2) is 59.5 Å². The van der Waals surface area contributed by atoms with Gasteiger partial charge >= 0.3 is 0 Å². The number of carbonyl (C=O) groups excluding carboxylic acids is 2. The van der Waals surface area contributed by atoms with Crippen LogP contribution in [-0.2, 0) is 23.0 Å². The predicted molar refractivity (Wildman–Crippen MR) is 139 cm³/mol. The SMILES string of the molecule is CN1CCc2c(sc(NC(=O)c3ccc(S(=O)(=O)N(C)c4ccccc4)cc3)c2C(=O)N(C)C)C1. The summed E-state index contributed by atoms with van der Waals surface area (Å²) in [6.45, 7) is 1.57. The van der Waals surface area contributed by atoms with Gasteiger partial charge in [0.1, 0.15) is 5.00 Å². The minimum absolute atomic E-state index is 0.0819. The third-order valence-electron chi connectivity index (χ3n) is 5.99. The first kappa shape index (κ1) is 24.9. The average molecular weight is 513 g/mol. The Labute approximate surface area is 209 Å². The average Bonchev–Trinajstić information content (AvgIpc) is 3.20. The lowest BCUT2D eigenvalue weighted by atomic mass is 10.0. The fourth-order valence-electron chi connectivity index (χ4n) is 3.96. The van der Waals surface area contributed by atoms with E-state index in [4.69, 9.17) is 0 Å². The molecule has 0 saturated carbocycles. The van der Waals surface area contributed by atoms with Gasteiger partial charge in [-0.25, -0.2) is 8.42 Å². The number of carbonyl (C=O) groups is 2. The van der Waals surface area contributed by atoms with Gasteiger partial charge in [0.25, 0.3) is 21.8 Å². The number of nitrogens with zero attached hydrogens (tertiary/aromatic N) is 3. The normalized spacial score (nSPS) is 13.7. The van der Waals surface area contributed by atoms with Gasteiger partial charge in [-0.3, -0.25) is 13.9 Å². The van der Waals surface area contributed by atoms with Crippen molar-refractivity contribution in [1.29, 1.82) is 0 Å². The number of amides is 2. The highest BCUT2D eigenvalue weighted by molar-refractivity contribution is 7.92. The molecule has 35 heavy (non-hydrogen) atoms. The molecule has 3 aromatic rings. The Morgan fingerprint density at radius 1 is 1.00 bits per heavy atom. The topological polar surface area (TPSA) is 90.0 Å². The number of likely N-dealkylation sites (N-methyl/N-ethyl adjacent to an activating group) is 1. The van der Waals surface area contributed by atoms with Crippen molar-refractivity contribution in [2.45, 2.75) is 17.9 Å². The van der Waals surface area contributed by atoms with Crippen molar-refractivity contribution in [3.05, 3.63) is 76.2 Å². The molecule has 0 bridgehead atoms. The molecule has 4 rings (SSSR count). The van der Waals surface area contributed by atoms with Gasteiger partial charge in [0.2, 0.25) is 0 Å². The maximum atomic E-state index is 13.1. The maximum absolute atomic E-state index is 13.1. The van der Waals surface area contributed by atoms with Crippen LogP contribution in [-0.4, -0.2) is 64.8 Å². The summed E-state index contributed by atoms with van der Waals surface area (Å²) >= 11 is 1.42. The highest BCUT2D eigenvalue weighted by Gasteiger charge is 2.29. The Kier molecular flexibility index (Phi) is 6.98. The molecule has 1 N–H and O–H groups in total. The summed E-state index contributed by atoms with van der Waals surface area (Å²) in [6.07, 6.45) is 0.745. The van der Waals surface area contributed by atoms with Gasteiger partial charge in [-0.1, -0.05) is 18.2 Å². The van der Waals surface area contributed by atoms with E-state index in [1.54, 1.807) is 38.4 Å². The Balaban J connectivity index is 1.58. The second kappa shape index (κ2) is 9.80. The molecule has 0 radical (unpaired) electrons. The molecule has 1 aliphatic rings. The molecule has 2 amide bonds. The number of thiophene rings is 1. The fraction of sp³-hybridized carbons (Fsp3) is 0.280. The van der Waals surface area contributed by atoms with Crippen LogP contribution in [0.3, 0.4) is 0 Å². The van der Waals surface area contributed by atoms with Gasteiger partial charge in [-0.15, -0.1) is 11.3 Å². The number of para-hydroxylation sites is 1. The van der Waals surface area contributed by atoms with Gasteiger partial charge in [0, 0.05) is 44.7 Å². The first-order chi connectivity index (χ1) is 16.6. The number of benzene rings is 2. The van der Waals surface area contributed by atoms with E-state index in [9.17, 15) is 18.0 Å². The first-order valence-corrected chi connectivity index (χ1v) is 13.4. The number of sulfonamides is 1. The molecule has 184 valence electrons. The number of rotatable bonds is 6. The highest BCUT2D eigenvalue weighted by atomic mass is 32.2. The minimum Gasteiger partial charge on any atom is -0.345 e. The van der Waals surface area contributed by atoms with Crippen molar-refractivity contribution < 1.29 is 18.0 Å². The summed E-state index contributed by atoms with van der Waals surface area (Å²) < 4.78 is 27.2. The van der Waals surface area contributed by atoms with Crippen LogP contribution in [0.5, 0.6) is 0 Å².